The molecule has 0 spiro atoms. The van der Waals surface area contributed by atoms with E-state index in [-0.39, 0.29) is 8.76 Å². The molecule has 0 aromatic rings. The zero-order valence-electron chi connectivity index (χ0n) is 14.9. The van der Waals surface area contributed by atoms with E-state index in [0.717, 1.165) is 6.42 Å². The molecule has 23 heavy (non-hydrogen) atoms. The highest BCUT2D eigenvalue weighted by Gasteiger charge is 2.41. The van der Waals surface area contributed by atoms with Gasteiger partial charge < -0.3 is 20.7 Å². The molecule has 1 aliphatic rings. The predicted octanol–water partition coefficient (Wildman–Crippen LogP) is 1.89. The van der Waals surface area contributed by atoms with Crippen LogP contribution in [0.4, 0.5) is 4.79 Å². The SMILES string of the molecule is CC(C)(C)OC(=O)N[C@H](C(=O)N1CCC[C@H]1C(N)=O)C(C)(C)C.[HH].[HH]. The van der Waals surface area contributed by atoms with E-state index in [1.165, 1.54) is 4.90 Å². The number of nitrogens with two attached hydrogens (primary N) is 1. The molecule has 1 saturated heterocycles. The van der Waals surface area contributed by atoms with Crippen molar-refractivity contribution in [2.45, 2.75) is 72.1 Å². The van der Waals surface area contributed by atoms with E-state index in [0.29, 0.717) is 13.0 Å². The van der Waals surface area contributed by atoms with Gasteiger partial charge in [-0.1, -0.05) is 20.8 Å². The lowest BCUT2D eigenvalue weighted by atomic mass is 9.85. The number of ether oxygens (including phenoxy) is 1. The normalized spacial score (nSPS) is 20.1. The number of hydrogen-bond acceptors (Lipinski definition) is 4. The number of carbonyl (C=O) groups excluding carboxylic acids is 3. The maximum atomic E-state index is 12.9. The average Bonchev–Trinajstić information content (AvgIpc) is 2.80. The lowest BCUT2D eigenvalue weighted by molar-refractivity contribution is -0.141. The van der Waals surface area contributed by atoms with Gasteiger partial charge in [0.15, 0.2) is 0 Å². The molecule has 0 aromatic heterocycles. The van der Waals surface area contributed by atoms with Crippen LogP contribution in [0.5, 0.6) is 0 Å². The number of likely N-dealkylation sites (tertiary alicyclic amines) is 1. The van der Waals surface area contributed by atoms with Crippen LogP contribution in [0.1, 0.15) is 57.2 Å². The number of hydrogen-bond donors (Lipinski definition) is 2. The summed E-state index contributed by atoms with van der Waals surface area (Å²) in [6.07, 6.45) is 0.633. The molecule has 7 heteroatoms. The number of nitrogens with one attached hydrogen (secondary N) is 1. The molecule has 0 radical (unpaired) electrons. The van der Waals surface area contributed by atoms with Crippen molar-refractivity contribution in [3.05, 3.63) is 0 Å². The molecule has 136 valence electrons. The molecule has 1 heterocycles. The fourth-order valence-corrected chi connectivity index (χ4v) is 2.57. The molecular weight excluding hydrogens is 298 g/mol. The van der Waals surface area contributed by atoms with Crippen molar-refractivity contribution >= 4 is 17.9 Å². The Morgan fingerprint density at radius 2 is 1.78 bits per heavy atom. The van der Waals surface area contributed by atoms with Gasteiger partial charge in [-0.3, -0.25) is 9.59 Å². The van der Waals surface area contributed by atoms with E-state index < -0.39 is 35.1 Å². The molecule has 0 bridgehead atoms. The van der Waals surface area contributed by atoms with E-state index in [2.05, 4.69) is 5.32 Å². The van der Waals surface area contributed by atoms with Crippen LogP contribution in [0.2, 0.25) is 0 Å². The third-order valence-electron chi connectivity index (χ3n) is 3.64. The van der Waals surface area contributed by atoms with Gasteiger partial charge in [0.2, 0.25) is 11.8 Å². The third kappa shape index (κ3) is 5.41. The average molecular weight is 331 g/mol. The smallest absolute Gasteiger partial charge is 0.408 e. The van der Waals surface area contributed by atoms with E-state index in [1.807, 2.05) is 20.8 Å². The van der Waals surface area contributed by atoms with Crippen molar-refractivity contribution < 1.29 is 22.0 Å². The molecule has 0 saturated carbocycles. The van der Waals surface area contributed by atoms with Gasteiger partial charge in [0.05, 0.1) is 0 Å². The molecular formula is C16H33N3O4. The van der Waals surface area contributed by atoms with Crippen LogP contribution in [0.3, 0.4) is 0 Å². The van der Waals surface area contributed by atoms with Crippen LogP contribution < -0.4 is 11.1 Å². The van der Waals surface area contributed by atoms with Crippen molar-refractivity contribution in [3.8, 4) is 0 Å². The van der Waals surface area contributed by atoms with Gasteiger partial charge in [-0.25, -0.2) is 4.79 Å². The van der Waals surface area contributed by atoms with Gasteiger partial charge >= 0.3 is 6.09 Å². The number of primary amides is 1. The monoisotopic (exact) mass is 331 g/mol. The van der Waals surface area contributed by atoms with Gasteiger partial charge in [-0.15, -0.1) is 0 Å². The first-order chi connectivity index (χ1) is 10.3. The number of amides is 3. The highest BCUT2D eigenvalue weighted by atomic mass is 16.6. The van der Waals surface area contributed by atoms with Crippen molar-refractivity contribution in [3.63, 3.8) is 0 Å². The van der Waals surface area contributed by atoms with Crippen molar-refractivity contribution in [2.24, 2.45) is 11.1 Å². The Hall–Kier alpha value is -1.79. The standard InChI is InChI=1S/C16H29N3O4.2H2/c1-15(2,3)11(18-14(22)23-16(4,5)6)13(21)19-9-7-8-10(19)12(17)20;;/h10-11H,7-9H2,1-6H3,(H2,17,20)(H,18,22);2*1H/t10-,11+;;/m0../s1. The van der Waals surface area contributed by atoms with Gasteiger partial charge in [0.25, 0.3) is 0 Å². The Labute approximate surface area is 140 Å². The molecule has 3 N–H and O–H groups in total. The molecule has 0 aromatic carbocycles. The summed E-state index contributed by atoms with van der Waals surface area (Å²) in [4.78, 5) is 37.9. The summed E-state index contributed by atoms with van der Waals surface area (Å²) in [6, 6.07) is -1.40. The van der Waals surface area contributed by atoms with Crippen molar-refractivity contribution in [1.29, 1.82) is 0 Å². The quantitative estimate of drug-likeness (QED) is 0.824. The van der Waals surface area contributed by atoms with Crippen LogP contribution in [0.15, 0.2) is 0 Å². The lowest BCUT2D eigenvalue weighted by Crippen LogP contribution is -2.57. The van der Waals surface area contributed by atoms with E-state index in [1.54, 1.807) is 20.8 Å². The highest BCUT2D eigenvalue weighted by Crippen LogP contribution is 2.26. The first-order valence-electron chi connectivity index (χ1n) is 7.92. The molecule has 2 atom stereocenters. The van der Waals surface area contributed by atoms with Crippen molar-refractivity contribution in [2.75, 3.05) is 6.54 Å². The van der Waals surface area contributed by atoms with E-state index in [9.17, 15) is 14.4 Å². The van der Waals surface area contributed by atoms with E-state index in [4.69, 9.17) is 10.5 Å². The lowest BCUT2D eigenvalue weighted by Gasteiger charge is -2.35. The number of alkyl carbamates (subject to hydrolysis) is 1. The summed E-state index contributed by atoms with van der Waals surface area (Å²) in [5.41, 5.74) is 4.19. The molecule has 3 amide bonds. The Kier molecular flexibility index (Phi) is 5.66. The second-order valence-corrected chi connectivity index (χ2v) is 8.04. The largest absolute Gasteiger partial charge is 0.444 e. The van der Waals surface area contributed by atoms with Gasteiger partial charge in [0, 0.05) is 9.40 Å². The Balaban J connectivity index is 0. The number of nitrogens with zero attached hydrogens (tertiary/aromatic N) is 1. The second kappa shape index (κ2) is 6.76. The third-order valence-corrected chi connectivity index (χ3v) is 3.64. The zero-order valence-corrected chi connectivity index (χ0v) is 14.9. The van der Waals surface area contributed by atoms with Crippen molar-refractivity contribution in [1.82, 2.24) is 10.2 Å². The maximum absolute atomic E-state index is 12.9. The van der Waals surface area contributed by atoms with Gasteiger partial charge in [-0.2, -0.15) is 0 Å². The van der Waals surface area contributed by atoms with Crippen LogP contribution in [-0.4, -0.2) is 47.0 Å². The minimum Gasteiger partial charge on any atom is -0.444 e. The molecule has 1 rings (SSSR count). The Morgan fingerprint density at radius 1 is 1.22 bits per heavy atom. The molecule has 1 fully saturated rings. The van der Waals surface area contributed by atoms with Gasteiger partial charge in [-0.05, 0) is 39.0 Å². The summed E-state index contributed by atoms with van der Waals surface area (Å²) < 4.78 is 5.24. The molecule has 1 aliphatic heterocycles. The molecule has 0 unspecified atom stereocenters. The second-order valence-electron chi connectivity index (χ2n) is 8.04. The number of rotatable bonds is 3. The first kappa shape index (κ1) is 19.3. The Bertz CT molecular complexity index is 487. The molecule has 0 aliphatic carbocycles. The van der Waals surface area contributed by atoms with Crippen LogP contribution in [0, 0.1) is 5.41 Å². The minimum absolute atomic E-state index is 0. The first-order valence-corrected chi connectivity index (χ1v) is 7.92. The summed E-state index contributed by atoms with van der Waals surface area (Å²) in [7, 11) is 0. The van der Waals surface area contributed by atoms with E-state index >= 15 is 0 Å². The van der Waals surface area contributed by atoms with Crippen LogP contribution in [0.25, 0.3) is 0 Å². The summed E-state index contributed by atoms with van der Waals surface area (Å²) in [6.45, 7) is 11.3. The highest BCUT2D eigenvalue weighted by molar-refractivity contribution is 5.91. The minimum atomic E-state index is -0.794. The fourth-order valence-electron chi connectivity index (χ4n) is 2.57. The molecule has 7 nitrogen and oxygen atoms in total. The number of carbonyl (C=O) groups is 3. The maximum Gasteiger partial charge on any atom is 0.408 e. The Morgan fingerprint density at radius 3 is 2.22 bits per heavy atom. The topological polar surface area (TPSA) is 102 Å². The van der Waals surface area contributed by atoms with Gasteiger partial charge in [0.1, 0.15) is 17.7 Å². The fraction of sp³-hybridized carbons (Fsp3) is 0.812. The predicted molar refractivity (Wildman–Crippen MR) is 90.8 cm³/mol. The summed E-state index contributed by atoms with van der Waals surface area (Å²) in [5, 5.41) is 2.65. The summed E-state index contributed by atoms with van der Waals surface area (Å²) >= 11 is 0. The zero-order chi connectivity index (χ0) is 18.0. The summed E-state index contributed by atoms with van der Waals surface area (Å²) in [5.74, 6) is -0.814. The van der Waals surface area contributed by atoms with Crippen LogP contribution in [-0.2, 0) is 14.3 Å². The van der Waals surface area contributed by atoms with Crippen LogP contribution >= 0.6 is 0 Å².